The molecule has 2 rings (SSSR count). The van der Waals surface area contributed by atoms with Gasteiger partial charge in [-0.2, -0.15) is 0 Å². The van der Waals surface area contributed by atoms with Gasteiger partial charge in [-0.25, -0.2) is 4.39 Å². The minimum Gasteiger partial charge on any atom is -0.484 e. The molecule has 3 N–H and O–H groups in total. The van der Waals surface area contributed by atoms with E-state index in [0.29, 0.717) is 0 Å². The summed E-state index contributed by atoms with van der Waals surface area (Å²) in [6.07, 6.45) is 0. The quantitative estimate of drug-likeness (QED) is 0.530. The van der Waals surface area contributed by atoms with Crippen LogP contribution in [-0.2, 0) is 4.79 Å². The molecule has 0 aliphatic carbocycles. The molecule has 0 saturated carbocycles. The molecule has 0 heterocycles. The summed E-state index contributed by atoms with van der Waals surface area (Å²) in [5.74, 6) is -1.55. The molecule has 2 aromatic carbocycles. The molecule has 2 aromatic rings. The first-order chi connectivity index (χ1) is 12.4. The number of hydrogen-bond acceptors (Lipinski definition) is 6. The summed E-state index contributed by atoms with van der Waals surface area (Å²) < 4.78 is 17.9. The van der Waals surface area contributed by atoms with Crippen LogP contribution in [0.1, 0.15) is 10.4 Å². The first-order valence-corrected chi connectivity index (χ1v) is 7.34. The molecule has 136 valence electrons. The number of hydrogen-bond donors (Lipinski definition) is 3. The Morgan fingerprint density at radius 2 is 1.85 bits per heavy atom. The van der Waals surface area contributed by atoms with E-state index in [2.05, 4.69) is 16.2 Å². The van der Waals surface area contributed by atoms with Crippen LogP contribution in [0.25, 0.3) is 0 Å². The Balaban J connectivity index is 1.89. The second kappa shape index (κ2) is 8.42. The summed E-state index contributed by atoms with van der Waals surface area (Å²) >= 11 is 0. The van der Waals surface area contributed by atoms with E-state index in [-0.39, 0.29) is 22.7 Å². The molecule has 0 saturated heterocycles. The lowest BCUT2D eigenvalue weighted by atomic mass is 10.1. The lowest BCUT2D eigenvalue weighted by Gasteiger charge is -2.09. The maximum absolute atomic E-state index is 12.8. The first-order valence-electron chi connectivity index (χ1n) is 7.34. The molecule has 0 aliphatic rings. The SMILES string of the molecule is CNc1ccc(C(=O)NNC(=O)COc2ccc(F)cc2)cc1[N+](=O)[O-]. The number of nitrogens with zero attached hydrogens (tertiary/aromatic N) is 1. The number of hydrazine groups is 1. The highest BCUT2D eigenvalue weighted by Gasteiger charge is 2.17. The average molecular weight is 362 g/mol. The van der Waals surface area contributed by atoms with Gasteiger partial charge in [-0.3, -0.25) is 30.6 Å². The average Bonchev–Trinajstić information content (AvgIpc) is 2.65. The molecular formula is C16H15FN4O5. The number of nitro benzene ring substituents is 1. The Hall–Kier alpha value is -3.69. The number of halogens is 1. The van der Waals surface area contributed by atoms with E-state index in [9.17, 15) is 24.1 Å². The largest absolute Gasteiger partial charge is 0.484 e. The fourth-order valence-corrected chi connectivity index (χ4v) is 1.95. The topological polar surface area (TPSA) is 123 Å². The Kier molecular flexibility index (Phi) is 6.04. The van der Waals surface area contributed by atoms with Crippen LogP contribution in [0.15, 0.2) is 42.5 Å². The third kappa shape index (κ3) is 4.90. The van der Waals surface area contributed by atoms with E-state index >= 15 is 0 Å². The van der Waals surface area contributed by atoms with Crippen molar-refractivity contribution in [3.05, 3.63) is 64.0 Å². The highest BCUT2D eigenvalue weighted by atomic mass is 19.1. The van der Waals surface area contributed by atoms with Gasteiger partial charge in [0.05, 0.1) is 4.92 Å². The third-order valence-electron chi connectivity index (χ3n) is 3.22. The Morgan fingerprint density at radius 3 is 2.46 bits per heavy atom. The molecule has 9 nitrogen and oxygen atoms in total. The van der Waals surface area contributed by atoms with Crippen LogP contribution in [0.4, 0.5) is 15.8 Å². The molecule has 0 aliphatic heterocycles. The van der Waals surface area contributed by atoms with Crippen molar-refractivity contribution in [2.24, 2.45) is 0 Å². The maximum Gasteiger partial charge on any atom is 0.293 e. The summed E-state index contributed by atoms with van der Waals surface area (Å²) in [6.45, 7) is -0.412. The smallest absolute Gasteiger partial charge is 0.293 e. The highest BCUT2D eigenvalue weighted by Crippen LogP contribution is 2.24. The number of nitrogens with one attached hydrogen (secondary N) is 3. The fraction of sp³-hybridized carbons (Fsp3) is 0.125. The normalized spacial score (nSPS) is 9.92. The van der Waals surface area contributed by atoms with Gasteiger partial charge < -0.3 is 10.1 Å². The molecule has 10 heteroatoms. The van der Waals surface area contributed by atoms with Crippen LogP contribution in [0.5, 0.6) is 5.75 Å². The zero-order chi connectivity index (χ0) is 19.1. The molecule has 0 atom stereocenters. The second-order valence-electron chi connectivity index (χ2n) is 4.98. The minimum atomic E-state index is -0.731. The van der Waals surface area contributed by atoms with Crippen molar-refractivity contribution in [2.45, 2.75) is 0 Å². The number of benzene rings is 2. The van der Waals surface area contributed by atoms with Crippen molar-refractivity contribution in [3.8, 4) is 5.75 Å². The predicted molar refractivity (Wildman–Crippen MR) is 90.1 cm³/mol. The Morgan fingerprint density at radius 1 is 1.15 bits per heavy atom. The van der Waals surface area contributed by atoms with E-state index < -0.39 is 29.2 Å². The van der Waals surface area contributed by atoms with E-state index in [0.717, 1.165) is 6.07 Å². The van der Waals surface area contributed by atoms with Crippen LogP contribution >= 0.6 is 0 Å². The highest BCUT2D eigenvalue weighted by molar-refractivity contribution is 5.96. The van der Waals surface area contributed by atoms with Crippen molar-refractivity contribution in [3.63, 3.8) is 0 Å². The van der Waals surface area contributed by atoms with Crippen LogP contribution in [-0.4, -0.2) is 30.4 Å². The Bertz CT molecular complexity index is 826. The van der Waals surface area contributed by atoms with Gasteiger partial charge in [0.2, 0.25) is 0 Å². The van der Waals surface area contributed by atoms with Crippen LogP contribution in [0.2, 0.25) is 0 Å². The number of anilines is 1. The van der Waals surface area contributed by atoms with Crippen molar-refractivity contribution in [2.75, 3.05) is 19.0 Å². The summed E-state index contributed by atoms with van der Waals surface area (Å²) in [4.78, 5) is 34.0. The van der Waals surface area contributed by atoms with Crippen molar-refractivity contribution in [1.29, 1.82) is 0 Å². The molecule has 0 bridgehead atoms. The van der Waals surface area contributed by atoms with Gasteiger partial charge in [-0.1, -0.05) is 0 Å². The van der Waals surface area contributed by atoms with Crippen molar-refractivity contribution < 1.29 is 23.6 Å². The lowest BCUT2D eigenvalue weighted by molar-refractivity contribution is -0.384. The molecule has 0 fully saturated rings. The van der Waals surface area contributed by atoms with E-state index in [1.165, 1.54) is 43.4 Å². The second-order valence-corrected chi connectivity index (χ2v) is 4.98. The van der Waals surface area contributed by atoms with Gasteiger partial charge in [-0.05, 0) is 36.4 Å². The van der Waals surface area contributed by atoms with Crippen LogP contribution < -0.4 is 20.9 Å². The number of carbonyl (C=O) groups is 2. The molecule has 0 radical (unpaired) electrons. The lowest BCUT2D eigenvalue weighted by Crippen LogP contribution is -2.43. The van der Waals surface area contributed by atoms with Gasteiger partial charge in [-0.15, -0.1) is 0 Å². The number of nitro groups is 1. The first kappa shape index (κ1) is 18.6. The van der Waals surface area contributed by atoms with E-state index in [1.54, 1.807) is 0 Å². The zero-order valence-electron chi connectivity index (χ0n) is 13.6. The van der Waals surface area contributed by atoms with Gasteiger partial charge in [0.15, 0.2) is 6.61 Å². The zero-order valence-corrected chi connectivity index (χ0v) is 13.6. The summed E-state index contributed by atoms with van der Waals surface area (Å²) in [7, 11) is 1.52. The number of rotatable bonds is 6. The van der Waals surface area contributed by atoms with Crippen LogP contribution in [0, 0.1) is 15.9 Å². The summed E-state index contributed by atoms with van der Waals surface area (Å²) in [6, 6.07) is 8.89. The van der Waals surface area contributed by atoms with Crippen molar-refractivity contribution >= 4 is 23.2 Å². The summed E-state index contributed by atoms with van der Waals surface area (Å²) in [5.41, 5.74) is 4.22. The molecule has 0 spiro atoms. The molecule has 0 aromatic heterocycles. The maximum atomic E-state index is 12.8. The number of ether oxygens (including phenoxy) is 1. The minimum absolute atomic E-state index is 0.00421. The number of amides is 2. The summed E-state index contributed by atoms with van der Waals surface area (Å²) in [5, 5.41) is 13.6. The van der Waals surface area contributed by atoms with Crippen LogP contribution in [0.3, 0.4) is 0 Å². The monoisotopic (exact) mass is 362 g/mol. The molecule has 0 unspecified atom stereocenters. The van der Waals surface area contributed by atoms with E-state index in [1.807, 2.05) is 0 Å². The molecular weight excluding hydrogens is 347 g/mol. The fourth-order valence-electron chi connectivity index (χ4n) is 1.95. The number of carbonyl (C=O) groups excluding carboxylic acids is 2. The Labute approximate surface area is 147 Å². The molecule has 26 heavy (non-hydrogen) atoms. The van der Waals surface area contributed by atoms with Gasteiger partial charge >= 0.3 is 0 Å². The van der Waals surface area contributed by atoms with Gasteiger partial charge in [0.25, 0.3) is 17.5 Å². The van der Waals surface area contributed by atoms with Gasteiger partial charge in [0, 0.05) is 18.7 Å². The standard InChI is InChI=1S/C16H15FN4O5/c1-18-13-7-2-10(8-14(13)21(24)25)16(23)20-19-15(22)9-26-12-5-3-11(17)4-6-12/h2-8,18H,9H2,1H3,(H,19,22)(H,20,23). The van der Waals surface area contributed by atoms with Gasteiger partial charge in [0.1, 0.15) is 17.3 Å². The third-order valence-corrected chi connectivity index (χ3v) is 3.22. The molecule has 2 amide bonds. The predicted octanol–water partition coefficient (Wildman–Crippen LogP) is 1.62. The van der Waals surface area contributed by atoms with E-state index in [4.69, 9.17) is 4.74 Å². The van der Waals surface area contributed by atoms with Crippen molar-refractivity contribution in [1.82, 2.24) is 10.9 Å².